The van der Waals surface area contributed by atoms with E-state index in [1.807, 2.05) is 74.6 Å². The number of benzene rings is 2. The summed E-state index contributed by atoms with van der Waals surface area (Å²) in [7, 11) is 3.45. The van der Waals surface area contributed by atoms with Gasteiger partial charge in [-0.05, 0) is 37.3 Å². The molecule has 0 fully saturated rings. The predicted octanol–water partition coefficient (Wildman–Crippen LogP) is 3.76. The zero-order valence-corrected chi connectivity index (χ0v) is 17.8. The third-order valence-corrected chi connectivity index (χ3v) is 5.00. The molecule has 7 nitrogen and oxygen atoms in total. The zero-order chi connectivity index (χ0) is 21.8. The highest BCUT2D eigenvalue weighted by atomic mass is 16.5. The van der Waals surface area contributed by atoms with Crippen molar-refractivity contribution < 1.29 is 14.3 Å². The maximum Gasteiger partial charge on any atom is 0.252 e. The predicted molar refractivity (Wildman–Crippen MR) is 120 cm³/mol. The number of ether oxygens (including phenoxy) is 2. The molecule has 7 heteroatoms. The summed E-state index contributed by atoms with van der Waals surface area (Å²) in [4.78, 5) is 17.8. The van der Waals surface area contributed by atoms with Gasteiger partial charge in [0.1, 0.15) is 18.1 Å². The van der Waals surface area contributed by atoms with Crippen molar-refractivity contribution in [1.29, 1.82) is 0 Å². The SMILES string of the molecule is COc1ccc(OCCNC(=O)c2cc(-c3ccccc3)nc3c2c(C)nn3C)cc1. The van der Waals surface area contributed by atoms with Crippen molar-refractivity contribution in [3.05, 3.63) is 71.9 Å². The van der Waals surface area contributed by atoms with Crippen molar-refractivity contribution in [2.75, 3.05) is 20.3 Å². The van der Waals surface area contributed by atoms with Crippen molar-refractivity contribution in [2.24, 2.45) is 7.05 Å². The Morgan fingerprint density at radius 1 is 1.06 bits per heavy atom. The van der Waals surface area contributed by atoms with Gasteiger partial charge in [0.25, 0.3) is 5.91 Å². The van der Waals surface area contributed by atoms with Gasteiger partial charge in [-0.3, -0.25) is 9.48 Å². The van der Waals surface area contributed by atoms with E-state index in [1.165, 1.54) is 0 Å². The molecule has 0 saturated carbocycles. The first kappa shape index (κ1) is 20.4. The number of fused-ring (bicyclic) bond motifs is 1. The number of nitrogens with zero attached hydrogens (tertiary/aromatic N) is 3. The maximum absolute atomic E-state index is 13.1. The molecule has 1 amide bonds. The topological polar surface area (TPSA) is 78.3 Å². The highest BCUT2D eigenvalue weighted by molar-refractivity contribution is 6.07. The first-order chi connectivity index (χ1) is 15.1. The van der Waals surface area contributed by atoms with Gasteiger partial charge in [0.05, 0.1) is 36.0 Å². The number of rotatable bonds is 7. The minimum absolute atomic E-state index is 0.181. The molecule has 2 aromatic heterocycles. The van der Waals surface area contributed by atoms with Crippen molar-refractivity contribution in [3.63, 3.8) is 0 Å². The van der Waals surface area contributed by atoms with Crippen LogP contribution in [0.4, 0.5) is 0 Å². The van der Waals surface area contributed by atoms with E-state index in [-0.39, 0.29) is 5.91 Å². The molecule has 1 N–H and O–H groups in total. The minimum Gasteiger partial charge on any atom is -0.497 e. The average Bonchev–Trinajstić information content (AvgIpc) is 3.10. The van der Waals surface area contributed by atoms with Gasteiger partial charge in [-0.1, -0.05) is 30.3 Å². The van der Waals surface area contributed by atoms with Crippen LogP contribution in [0.3, 0.4) is 0 Å². The van der Waals surface area contributed by atoms with Gasteiger partial charge >= 0.3 is 0 Å². The van der Waals surface area contributed by atoms with Crippen LogP contribution in [-0.4, -0.2) is 40.9 Å². The second kappa shape index (κ2) is 8.87. The second-order valence-corrected chi connectivity index (χ2v) is 7.11. The highest BCUT2D eigenvalue weighted by Gasteiger charge is 2.19. The fraction of sp³-hybridized carbons (Fsp3) is 0.208. The summed E-state index contributed by atoms with van der Waals surface area (Å²) in [6.45, 7) is 2.61. The molecule has 0 saturated heterocycles. The van der Waals surface area contributed by atoms with Crippen LogP contribution in [0, 0.1) is 6.92 Å². The number of aromatic nitrogens is 3. The van der Waals surface area contributed by atoms with Gasteiger partial charge in [0.15, 0.2) is 5.65 Å². The lowest BCUT2D eigenvalue weighted by molar-refractivity contribution is 0.0948. The summed E-state index contributed by atoms with van der Waals surface area (Å²) >= 11 is 0. The van der Waals surface area contributed by atoms with Crippen LogP contribution in [0.5, 0.6) is 11.5 Å². The second-order valence-electron chi connectivity index (χ2n) is 7.11. The fourth-order valence-electron chi connectivity index (χ4n) is 3.48. The van der Waals surface area contributed by atoms with Gasteiger partial charge in [-0.25, -0.2) is 4.98 Å². The number of hydrogen-bond acceptors (Lipinski definition) is 5. The molecule has 0 atom stereocenters. The Labute approximate surface area is 180 Å². The molecule has 0 bridgehead atoms. The smallest absolute Gasteiger partial charge is 0.252 e. The lowest BCUT2D eigenvalue weighted by Gasteiger charge is -2.10. The molecule has 31 heavy (non-hydrogen) atoms. The van der Waals surface area contributed by atoms with Crippen molar-refractivity contribution >= 4 is 16.9 Å². The van der Waals surface area contributed by atoms with Crippen molar-refractivity contribution in [1.82, 2.24) is 20.1 Å². The number of pyridine rings is 1. The van der Waals surface area contributed by atoms with E-state index in [0.717, 1.165) is 33.8 Å². The normalized spacial score (nSPS) is 10.8. The molecule has 0 unspecified atom stereocenters. The number of nitrogens with one attached hydrogen (secondary N) is 1. The lowest BCUT2D eigenvalue weighted by Crippen LogP contribution is -2.28. The van der Waals surface area contributed by atoms with Gasteiger partial charge in [0.2, 0.25) is 0 Å². The van der Waals surface area contributed by atoms with E-state index in [0.29, 0.717) is 24.4 Å². The van der Waals surface area contributed by atoms with Crippen LogP contribution in [0.15, 0.2) is 60.7 Å². The largest absolute Gasteiger partial charge is 0.497 e. The monoisotopic (exact) mass is 416 g/mol. The maximum atomic E-state index is 13.1. The molecule has 4 rings (SSSR count). The Kier molecular flexibility index (Phi) is 5.84. The van der Waals surface area contributed by atoms with Crippen molar-refractivity contribution in [3.8, 4) is 22.8 Å². The molecule has 158 valence electrons. The summed E-state index contributed by atoms with van der Waals surface area (Å²) in [5.41, 5.74) is 3.68. The molecule has 0 spiro atoms. The van der Waals surface area contributed by atoms with E-state index >= 15 is 0 Å². The third-order valence-electron chi connectivity index (χ3n) is 5.00. The Morgan fingerprint density at radius 3 is 2.48 bits per heavy atom. The Hall–Kier alpha value is -3.87. The summed E-state index contributed by atoms with van der Waals surface area (Å²) in [5, 5.41) is 8.16. The third kappa shape index (κ3) is 4.35. The van der Waals surface area contributed by atoms with Gasteiger partial charge in [0, 0.05) is 12.6 Å². The molecule has 2 aromatic carbocycles. The molecular formula is C24H24N4O3. The van der Waals surface area contributed by atoms with Gasteiger partial charge < -0.3 is 14.8 Å². The summed E-state index contributed by atoms with van der Waals surface area (Å²) in [5.74, 6) is 1.30. The molecule has 4 aromatic rings. The average molecular weight is 416 g/mol. The summed E-state index contributed by atoms with van der Waals surface area (Å²) < 4.78 is 12.5. The lowest BCUT2D eigenvalue weighted by atomic mass is 10.0. The van der Waals surface area contributed by atoms with E-state index in [2.05, 4.69) is 10.4 Å². The molecule has 0 aliphatic rings. The first-order valence-corrected chi connectivity index (χ1v) is 10.0. The number of carbonyl (C=O) groups excluding carboxylic acids is 1. The number of aryl methyl sites for hydroxylation is 2. The van der Waals surface area contributed by atoms with Crippen LogP contribution in [-0.2, 0) is 7.05 Å². The minimum atomic E-state index is -0.181. The van der Waals surface area contributed by atoms with E-state index < -0.39 is 0 Å². The first-order valence-electron chi connectivity index (χ1n) is 10.0. The van der Waals surface area contributed by atoms with Gasteiger partial charge in [-0.2, -0.15) is 5.10 Å². The molecule has 0 aliphatic carbocycles. The van der Waals surface area contributed by atoms with E-state index in [9.17, 15) is 4.79 Å². The number of hydrogen-bond donors (Lipinski definition) is 1. The quantitative estimate of drug-likeness (QED) is 0.464. The number of amides is 1. The molecular weight excluding hydrogens is 392 g/mol. The zero-order valence-electron chi connectivity index (χ0n) is 17.8. The Balaban J connectivity index is 1.52. The van der Waals surface area contributed by atoms with Crippen LogP contribution in [0.2, 0.25) is 0 Å². The summed E-state index contributed by atoms with van der Waals surface area (Å²) in [6.07, 6.45) is 0. The fourth-order valence-corrected chi connectivity index (χ4v) is 3.48. The Bertz CT molecular complexity index is 1200. The van der Waals surface area contributed by atoms with E-state index in [1.54, 1.807) is 11.8 Å². The van der Waals surface area contributed by atoms with Crippen LogP contribution < -0.4 is 14.8 Å². The number of carbonyl (C=O) groups is 1. The van der Waals surface area contributed by atoms with E-state index in [4.69, 9.17) is 14.5 Å². The molecule has 2 heterocycles. The molecule has 0 aliphatic heterocycles. The highest BCUT2D eigenvalue weighted by Crippen LogP contribution is 2.26. The van der Waals surface area contributed by atoms with Crippen LogP contribution in [0.25, 0.3) is 22.3 Å². The summed E-state index contributed by atoms with van der Waals surface area (Å²) in [6, 6.07) is 19.0. The van der Waals surface area contributed by atoms with Crippen LogP contribution >= 0.6 is 0 Å². The van der Waals surface area contributed by atoms with Crippen molar-refractivity contribution in [2.45, 2.75) is 6.92 Å². The Morgan fingerprint density at radius 2 is 1.77 bits per heavy atom. The van der Waals surface area contributed by atoms with Gasteiger partial charge in [-0.15, -0.1) is 0 Å². The standard InChI is InChI=1S/C24H24N4O3/c1-16-22-20(24(29)25-13-14-31-19-11-9-18(30-3)10-12-19)15-21(17-7-5-4-6-8-17)26-23(22)28(2)27-16/h4-12,15H,13-14H2,1-3H3,(H,25,29). The molecule has 0 radical (unpaired) electrons. The van der Waals surface area contributed by atoms with Crippen LogP contribution in [0.1, 0.15) is 16.1 Å². The number of methoxy groups -OCH3 is 1.